The van der Waals surface area contributed by atoms with Crippen LogP contribution in [0.5, 0.6) is 0 Å². The normalized spacial score (nSPS) is 16.9. The Bertz CT molecular complexity index is 2430. The van der Waals surface area contributed by atoms with Gasteiger partial charge in [-0.3, -0.25) is 0 Å². The van der Waals surface area contributed by atoms with Gasteiger partial charge in [0.05, 0.1) is 24.0 Å². The van der Waals surface area contributed by atoms with Crippen LogP contribution in [0.2, 0.25) is 0 Å². The molecule has 0 aliphatic carbocycles. The average Bonchev–Trinajstić information content (AvgIpc) is 3.28. The molecule has 0 aliphatic rings. The van der Waals surface area contributed by atoms with Crippen LogP contribution in [0.25, 0.3) is 0 Å². The molecule has 2 atom stereocenters. The van der Waals surface area contributed by atoms with Crippen molar-refractivity contribution >= 4 is 11.9 Å². The highest BCUT2D eigenvalue weighted by Crippen LogP contribution is 2.70. The summed E-state index contributed by atoms with van der Waals surface area (Å²) in [5.41, 5.74) is -3.81. The van der Waals surface area contributed by atoms with E-state index in [9.17, 15) is 212 Å². The number of hydrogen-bond donors (Lipinski definition) is 0. The van der Waals surface area contributed by atoms with Gasteiger partial charge in [0.25, 0.3) is 0 Å². The number of carbonyl (C=O) groups excluding carboxylic acids is 2. The van der Waals surface area contributed by atoms with Gasteiger partial charge in [0.1, 0.15) is 12.2 Å². The first kappa shape index (κ1) is 79.0. The molecule has 0 saturated heterocycles. The number of carbonyl (C=O) groups is 2. The Morgan fingerprint density at radius 1 is 0.267 bits per heavy atom. The zero-order valence-electron chi connectivity index (χ0n) is 38.9. The molecule has 0 N–H and O–H groups in total. The summed E-state index contributed by atoms with van der Waals surface area (Å²) in [7, 11) is 0. The third kappa shape index (κ3) is 10.7. The van der Waals surface area contributed by atoms with E-state index >= 15 is 0 Å². The summed E-state index contributed by atoms with van der Waals surface area (Å²) in [5.74, 6) is -190. The van der Waals surface area contributed by atoms with Crippen molar-refractivity contribution in [2.75, 3.05) is 0 Å². The van der Waals surface area contributed by atoms with E-state index in [1.807, 2.05) is 0 Å². The van der Waals surface area contributed by atoms with Crippen LogP contribution < -0.4 is 0 Å². The van der Waals surface area contributed by atoms with Gasteiger partial charge in [-0.25, -0.2) is 9.59 Å². The Morgan fingerprint density at radius 2 is 0.407 bits per heavy atom. The molecule has 0 fully saturated rings. The van der Waals surface area contributed by atoms with Crippen molar-refractivity contribution in [1.29, 1.82) is 0 Å². The van der Waals surface area contributed by atoms with Crippen molar-refractivity contribution in [3.63, 3.8) is 0 Å². The standard InChI is InChI=1S/C36H16F46O4/c1-9(7-15(37,38)17(41,42)19(45,46)21(49,50)23(53,54)25(57,58)27(61,62)29(65,66)31(69,70)33(73,74)35(77,78)79)85-13(83)11-5-3-4-6-12(11)14(84)86-10(2)8-16(39,40)18(43,44)20(47,48)22(51,52)24(55,56)26(59,60)28(63,64)30(67,68)32(71,72)34(75,76)36(80,81)82/h3-6,9-10H,7-8H2,1-2H3. The second kappa shape index (κ2) is 21.3. The topological polar surface area (TPSA) is 52.6 Å². The smallest absolute Gasteiger partial charge is 0.459 e. The van der Waals surface area contributed by atoms with Gasteiger partial charge < -0.3 is 9.47 Å². The first-order valence-electron chi connectivity index (χ1n) is 20.0. The lowest BCUT2D eigenvalue weighted by molar-refractivity contribution is -0.478. The van der Waals surface area contributed by atoms with Gasteiger partial charge in [0, 0.05) is 0 Å². The number of esters is 2. The van der Waals surface area contributed by atoms with Gasteiger partial charge in [-0.2, -0.15) is 202 Å². The van der Waals surface area contributed by atoms with Crippen LogP contribution in [0.4, 0.5) is 202 Å². The maximum atomic E-state index is 14.6. The number of benzene rings is 1. The summed E-state index contributed by atoms with van der Waals surface area (Å²) in [6.45, 7) is -0.831. The molecular formula is C36H16F46O4. The van der Waals surface area contributed by atoms with E-state index in [4.69, 9.17) is 0 Å². The van der Waals surface area contributed by atoms with Gasteiger partial charge in [-0.1, -0.05) is 12.1 Å². The lowest BCUT2D eigenvalue weighted by atomic mass is 9.84. The molecular weight excluding hydrogens is 1370 g/mol. The van der Waals surface area contributed by atoms with Crippen molar-refractivity contribution < 1.29 is 221 Å². The molecule has 86 heavy (non-hydrogen) atoms. The highest BCUT2D eigenvalue weighted by Gasteiger charge is 3.01. The lowest BCUT2D eigenvalue weighted by Crippen LogP contribution is -2.77. The number of halogens is 46. The van der Waals surface area contributed by atoms with E-state index in [1.165, 1.54) is 0 Å². The van der Waals surface area contributed by atoms with E-state index in [-0.39, 0.29) is 12.1 Å². The summed E-state index contributed by atoms with van der Waals surface area (Å²) in [5, 5.41) is 0. The van der Waals surface area contributed by atoms with Crippen molar-refractivity contribution in [1.82, 2.24) is 0 Å². The highest BCUT2D eigenvalue weighted by molar-refractivity contribution is 6.03. The summed E-state index contributed by atoms with van der Waals surface area (Å²) in [6, 6.07) is 0.482. The Hall–Kier alpha value is -5.06. The van der Waals surface area contributed by atoms with E-state index in [0.717, 1.165) is 0 Å². The predicted molar refractivity (Wildman–Crippen MR) is 176 cm³/mol. The SMILES string of the molecule is CC(CC(F)(F)C(F)(F)C(F)(F)C(F)(F)C(F)(F)C(F)(F)C(F)(F)C(F)(F)C(F)(F)C(F)(F)C(F)(F)F)OC(=O)c1ccccc1C(=O)OC(C)CC(F)(F)C(F)(F)C(F)(F)C(F)(F)C(F)(F)C(F)(F)C(F)(F)C(F)(F)C(F)(F)C(F)(F)C(F)(F)F. The van der Waals surface area contributed by atoms with Crippen LogP contribution in [-0.4, -0.2) is 155 Å². The number of hydrogen-bond acceptors (Lipinski definition) is 4. The van der Waals surface area contributed by atoms with Crippen LogP contribution in [0.3, 0.4) is 0 Å². The van der Waals surface area contributed by atoms with Crippen molar-refractivity contribution in [2.24, 2.45) is 0 Å². The van der Waals surface area contributed by atoms with Crippen molar-refractivity contribution in [2.45, 2.75) is 170 Å². The molecule has 4 nitrogen and oxygen atoms in total. The predicted octanol–water partition coefficient (Wildman–Crippen LogP) is 17.4. The molecule has 0 amide bonds. The second-order valence-electron chi connectivity index (χ2n) is 17.1. The van der Waals surface area contributed by atoms with Gasteiger partial charge in [0.2, 0.25) is 0 Å². The Balaban J connectivity index is 3.65. The summed E-state index contributed by atoms with van der Waals surface area (Å²) >= 11 is 0. The molecule has 0 aromatic heterocycles. The first-order valence-corrected chi connectivity index (χ1v) is 20.0. The van der Waals surface area contributed by atoms with Gasteiger partial charge in [0.15, 0.2) is 0 Å². The van der Waals surface area contributed by atoms with Gasteiger partial charge >= 0.3 is 143 Å². The quantitative estimate of drug-likeness (QED) is 0.0685. The summed E-state index contributed by atoms with van der Waals surface area (Å²) in [4.78, 5) is 25.3. The van der Waals surface area contributed by atoms with Crippen molar-refractivity contribution in [3.8, 4) is 0 Å². The number of alkyl halides is 46. The average molecular weight is 1390 g/mol. The zero-order chi connectivity index (χ0) is 70.1. The molecule has 50 heteroatoms. The highest BCUT2D eigenvalue weighted by atomic mass is 19.5. The van der Waals surface area contributed by atoms with Crippen LogP contribution in [0.15, 0.2) is 24.3 Å². The molecule has 0 heterocycles. The molecule has 506 valence electrons. The minimum absolute atomic E-state index is 0.0663. The minimum Gasteiger partial charge on any atom is -0.459 e. The minimum atomic E-state index is -9.80. The molecule has 2 unspecified atom stereocenters. The van der Waals surface area contributed by atoms with Gasteiger partial charge in [-0.15, -0.1) is 0 Å². The maximum Gasteiger partial charge on any atom is 0.460 e. The van der Waals surface area contributed by atoms with E-state index in [2.05, 4.69) is 9.47 Å². The van der Waals surface area contributed by atoms with Crippen LogP contribution in [-0.2, 0) is 9.47 Å². The first-order chi connectivity index (χ1) is 36.8. The molecule has 0 bridgehead atoms. The van der Waals surface area contributed by atoms with E-state index < -0.39 is 193 Å². The monoisotopic (exact) mass is 1390 g/mol. The number of rotatable bonds is 26. The Morgan fingerprint density at radius 3 is 0.558 bits per heavy atom. The third-order valence-electron chi connectivity index (χ3n) is 11.0. The zero-order valence-corrected chi connectivity index (χ0v) is 38.9. The molecule has 1 aromatic carbocycles. The molecule has 0 spiro atoms. The maximum absolute atomic E-state index is 14.6. The fourth-order valence-corrected chi connectivity index (χ4v) is 5.97. The largest absolute Gasteiger partial charge is 0.460 e. The molecule has 0 radical (unpaired) electrons. The number of ether oxygens (including phenoxy) is 2. The molecule has 0 aliphatic heterocycles. The van der Waals surface area contributed by atoms with Crippen molar-refractivity contribution in [3.05, 3.63) is 35.4 Å². The molecule has 1 rings (SSSR count). The third-order valence-corrected chi connectivity index (χ3v) is 11.0. The van der Waals surface area contributed by atoms with E-state index in [0.29, 0.717) is 12.1 Å². The fourth-order valence-electron chi connectivity index (χ4n) is 5.97. The lowest BCUT2D eigenvalue weighted by Gasteiger charge is -2.45. The molecule has 0 saturated carbocycles. The fraction of sp³-hybridized carbons (Fsp3) is 0.778. The summed E-state index contributed by atoms with van der Waals surface area (Å²) in [6.07, 6.45) is -31.5. The second-order valence-corrected chi connectivity index (χ2v) is 17.1. The van der Waals surface area contributed by atoms with E-state index in [1.54, 1.807) is 0 Å². The summed E-state index contributed by atoms with van der Waals surface area (Å²) < 4.78 is 641. The van der Waals surface area contributed by atoms with Crippen LogP contribution in [0, 0.1) is 0 Å². The Labute approximate surface area is 439 Å². The van der Waals surface area contributed by atoms with Gasteiger partial charge in [-0.05, 0) is 26.0 Å². The molecule has 1 aromatic rings. The Kier molecular flexibility index (Phi) is 19.6. The van der Waals surface area contributed by atoms with Crippen LogP contribution in [0.1, 0.15) is 47.4 Å². The van der Waals surface area contributed by atoms with Crippen LogP contribution >= 0.6 is 0 Å².